The number of benzene rings is 3. The summed E-state index contributed by atoms with van der Waals surface area (Å²) in [5.74, 6) is -0.0500. The van der Waals surface area contributed by atoms with E-state index in [0.29, 0.717) is 16.9 Å². The van der Waals surface area contributed by atoms with Crippen molar-refractivity contribution in [2.75, 3.05) is 11.1 Å². The second-order valence-corrected chi connectivity index (χ2v) is 6.84. The van der Waals surface area contributed by atoms with Crippen molar-refractivity contribution >= 4 is 45.2 Å². The van der Waals surface area contributed by atoms with Crippen LogP contribution in [-0.4, -0.2) is 26.1 Å². The van der Waals surface area contributed by atoms with E-state index >= 15 is 0 Å². The van der Waals surface area contributed by atoms with Gasteiger partial charge in [-0.1, -0.05) is 42.5 Å². The van der Waals surface area contributed by atoms with Crippen LogP contribution in [0.1, 0.15) is 10.5 Å². The third-order valence-corrected chi connectivity index (χ3v) is 4.89. The number of rotatable bonds is 4. The van der Waals surface area contributed by atoms with Gasteiger partial charge in [-0.15, -0.1) is 10.2 Å². The number of carbonyl (C=O) groups excluding carboxylic acids is 1. The summed E-state index contributed by atoms with van der Waals surface area (Å²) in [4.78, 5) is 19.4. The number of aromatic nitrogens is 4. The minimum atomic E-state index is -0.704. The van der Waals surface area contributed by atoms with E-state index in [4.69, 9.17) is 11.5 Å². The van der Waals surface area contributed by atoms with Gasteiger partial charge >= 0.3 is 0 Å². The van der Waals surface area contributed by atoms with Gasteiger partial charge in [0.15, 0.2) is 5.69 Å². The highest BCUT2D eigenvalue weighted by Gasteiger charge is 2.15. The van der Waals surface area contributed by atoms with Crippen molar-refractivity contribution in [3.8, 4) is 11.1 Å². The maximum atomic E-state index is 11.5. The molecule has 0 atom stereocenters. The molecular weight excluding hydrogens is 378 g/mol. The molecule has 0 fully saturated rings. The number of hydrogen-bond acceptors (Lipinski definition) is 6. The molecule has 0 radical (unpaired) electrons. The third kappa shape index (κ3) is 2.96. The molecule has 8 heteroatoms. The summed E-state index contributed by atoms with van der Waals surface area (Å²) in [5, 5.41) is 12.0. The highest BCUT2D eigenvalue weighted by Crippen LogP contribution is 2.32. The molecule has 5 rings (SSSR count). The molecule has 30 heavy (non-hydrogen) atoms. The lowest BCUT2D eigenvalue weighted by Crippen LogP contribution is -2.16. The Morgan fingerprint density at radius 2 is 1.80 bits per heavy atom. The number of fused-ring (bicyclic) bond motifs is 2. The van der Waals surface area contributed by atoms with Crippen molar-refractivity contribution in [3.63, 3.8) is 0 Å². The van der Waals surface area contributed by atoms with Crippen LogP contribution in [0, 0.1) is 0 Å². The summed E-state index contributed by atoms with van der Waals surface area (Å²) in [6, 6.07) is 21.3. The quantitative estimate of drug-likeness (QED) is 0.367. The maximum Gasteiger partial charge on any atom is 0.271 e. The van der Waals surface area contributed by atoms with Gasteiger partial charge in [0.2, 0.25) is 5.95 Å². The summed E-state index contributed by atoms with van der Waals surface area (Å²) < 4.78 is 0. The highest BCUT2D eigenvalue weighted by molar-refractivity contribution is 6.07. The number of amides is 1. The fourth-order valence-electron chi connectivity index (χ4n) is 3.46. The number of aromatic amines is 1. The zero-order chi connectivity index (χ0) is 20.7. The number of nitrogen functional groups attached to an aromatic ring is 1. The van der Waals surface area contributed by atoms with E-state index in [1.165, 1.54) is 0 Å². The van der Waals surface area contributed by atoms with Crippen LogP contribution in [0.2, 0.25) is 0 Å². The molecule has 0 aliphatic carbocycles. The van der Waals surface area contributed by atoms with Crippen LogP contribution >= 0.6 is 0 Å². The lowest BCUT2D eigenvalue weighted by atomic mass is 10.0. The largest absolute Gasteiger partial charge is 0.396 e. The predicted molar refractivity (Wildman–Crippen MR) is 117 cm³/mol. The Morgan fingerprint density at radius 3 is 2.60 bits per heavy atom. The van der Waals surface area contributed by atoms with Gasteiger partial charge in [-0.2, -0.15) is 0 Å². The Bertz CT molecular complexity index is 1410. The summed E-state index contributed by atoms with van der Waals surface area (Å²) >= 11 is 0. The molecule has 2 heterocycles. The number of nitrogens with two attached hydrogens (primary N) is 2. The summed E-state index contributed by atoms with van der Waals surface area (Å²) in [7, 11) is 0. The topological polar surface area (TPSA) is 136 Å². The Kier molecular flexibility index (Phi) is 4.03. The number of hydrogen-bond donors (Lipinski definition) is 4. The first-order chi connectivity index (χ1) is 14.6. The molecular formula is C22H17N7O. The molecule has 146 valence electrons. The molecule has 0 aliphatic rings. The first kappa shape index (κ1) is 17.6. The molecule has 3 aromatic carbocycles. The number of anilines is 3. The monoisotopic (exact) mass is 395 g/mol. The van der Waals surface area contributed by atoms with Crippen LogP contribution in [0.5, 0.6) is 0 Å². The summed E-state index contributed by atoms with van der Waals surface area (Å²) in [6.45, 7) is 0. The molecule has 0 saturated carbocycles. The first-order valence-electron chi connectivity index (χ1n) is 9.27. The van der Waals surface area contributed by atoms with Crippen molar-refractivity contribution in [2.45, 2.75) is 0 Å². The molecule has 5 aromatic rings. The van der Waals surface area contributed by atoms with Gasteiger partial charge in [0.05, 0.1) is 16.7 Å². The van der Waals surface area contributed by atoms with Gasteiger partial charge in [-0.25, -0.2) is 4.98 Å². The van der Waals surface area contributed by atoms with Gasteiger partial charge in [0.1, 0.15) is 5.52 Å². The minimum absolute atomic E-state index is 0.0275. The molecule has 0 spiro atoms. The van der Waals surface area contributed by atoms with E-state index in [0.717, 1.165) is 27.8 Å². The van der Waals surface area contributed by atoms with Gasteiger partial charge in [0, 0.05) is 16.6 Å². The first-order valence-corrected chi connectivity index (χ1v) is 9.27. The number of primary amides is 1. The molecule has 0 saturated heterocycles. The van der Waals surface area contributed by atoms with Gasteiger partial charge in [-0.05, 0) is 29.8 Å². The lowest BCUT2D eigenvalue weighted by molar-refractivity contribution is 0.0996. The fourth-order valence-corrected chi connectivity index (χ4v) is 3.46. The smallest absolute Gasteiger partial charge is 0.271 e. The third-order valence-electron chi connectivity index (χ3n) is 4.89. The zero-order valence-electron chi connectivity index (χ0n) is 15.8. The van der Waals surface area contributed by atoms with E-state index in [9.17, 15) is 4.79 Å². The Balaban J connectivity index is 1.58. The molecule has 0 bridgehead atoms. The fraction of sp³-hybridized carbons (Fsp3) is 0. The standard InChI is InChI=1S/C22H17N7O/c23-18-15-8-4-7-14(19(15)28-29-20(18)21(24)30)12-9-10-16-17(11-12)27-22(26-16)25-13-5-2-1-3-6-13/h1-11H,(H2,23,28)(H2,24,30)(H2,25,26,27). The van der Waals surface area contributed by atoms with Crippen LogP contribution in [0.25, 0.3) is 33.1 Å². The van der Waals surface area contributed by atoms with E-state index in [2.05, 4.69) is 25.5 Å². The van der Waals surface area contributed by atoms with Crippen LogP contribution in [0.15, 0.2) is 66.7 Å². The Labute approximate surface area is 171 Å². The second kappa shape index (κ2) is 6.85. The number of nitrogens with zero attached hydrogens (tertiary/aromatic N) is 3. The van der Waals surface area contributed by atoms with E-state index < -0.39 is 5.91 Å². The Morgan fingerprint density at radius 1 is 0.967 bits per heavy atom. The SMILES string of the molecule is NC(=O)c1nnc2c(-c3ccc4nc(Nc5ccccc5)[nH]c4c3)cccc2c1N. The van der Waals surface area contributed by atoms with Crippen molar-refractivity contribution in [1.29, 1.82) is 0 Å². The molecule has 8 nitrogen and oxygen atoms in total. The molecule has 2 aromatic heterocycles. The van der Waals surface area contributed by atoms with Crippen molar-refractivity contribution in [3.05, 3.63) is 72.4 Å². The number of imidazole rings is 1. The minimum Gasteiger partial charge on any atom is -0.396 e. The van der Waals surface area contributed by atoms with Crippen LogP contribution in [0.4, 0.5) is 17.3 Å². The van der Waals surface area contributed by atoms with Crippen molar-refractivity contribution in [1.82, 2.24) is 20.2 Å². The predicted octanol–water partition coefficient (Wildman–Crippen LogP) is 3.60. The second-order valence-electron chi connectivity index (χ2n) is 6.84. The number of para-hydroxylation sites is 1. The maximum absolute atomic E-state index is 11.5. The van der Waals surface area contributed by atoms with Crippen LogP contribution < -0.4 is 16.8 Å². The highest BCUT2D eigenvalue weighted by atomic mass is 16.1. The molecule has 0 unspecified atom stereocenters. The Hall–Kier alpha value is -4.46. The van der Waals surface area contributed by atoms with Crippen molar-refractivity contribution < 1.29 is 4.79 Å². The zero-order valence-corrected chi connectivity index (χ0v) is 15.8. The normalized spacial score (nSPS) is 11.1. The number of carbonyl (C=O) groups is 1. The number of H-pyrrole nitrogens is 1. The average Bonchev–Trinajstić information content (AvgIpc) is 3.15. The lowest BCUT2D eigenvalue weighted by Gasteiger charge is -2.09. The molecule has 6 N–H and O–H groups in total. The van der Waals surface area contributed by atoms with E-state index in [-0.39, 0.29) is 11.4 Å². The van der Waals surface area contributed by atoms with Crippen LogP contribution in [-0.2, 0) is 0 Å². The molecule has 0 aliphatic heterocycles. The van der Waals surface area contributed by atoms with E-state index in [1.807, 2.05) is 60.7 Å². The van der Waals surface area contributed by atoms with E-state index in [1.54, 1.807) is 6.07 Å². The van der Waals surface area contributed by atoms with Crippen LogP contribution in [0.3, 0.4) is 0 Å². The summed E-state index contributed by atoms with van der Waals surface area (Å²) in [6.07, 6.45) is 0. The van der Waals surface area contributed by atoms with Gasteiger partial charge in [0.25, 0.3) is 5.91 Å². The van der Waals surface area contributed by atoms with Gasteiger partial charge in [-0.3, -0.25) is 4.79 Å². The van der Waals surface area contributed by atoms with Crippen molar-refractivity contribution in [2.24, 2.45) is 5.73 Å². The summed E-state index contributed by atoms with van der Waals surface area (Å²) in [5.41, 5.74) is 16.7. The van der Waals surface area contributed by atoms with Gasteiger partial charge < -0.3 is 21.8 Å². The number of nitrogens with one attached hydrogen (secondary N) is 2. The average molecular weight is 395 g/mol. The molecule has 1 amide bonds.